The van der Waals surface area contributed by atoms with E-state index in [0.29, 0.717) is 5.88 Å². The molecule has 1 aromatic heterocycles. The molecule has 5 unspecified atom stereocenters. The number of aromatic amines is 1. The average molecular weight is 279 g/mol. The van der Waals surface area contributed by atoms with E-state index < -0.39 is 30.7 Å². The lowest BCUT2D eigenvalue weighted by Crippen LogP contribution is -2.58. The van der Waals surface area contributed by atoms with Crippen LogP contribution in [0.15, 0.2) is 30.3 Å². The van der Waals surface area contributed by atoms with Crippen LogP contribution >= 0.6 is 0 Å². The Morgan fingerprint density at radius 2 is 1.85 bits per heavy atom. The molecule has 0 bridgehead atoms. The van der Waals surface area contributed by atoms with E-state index in [0.717, 1.165) is 10.9 Å². The standard InChI is InChI=1S/C14H17NO5/c1-7-11(16)12(17)13(18)14(19-7)20-10-6-8-4-2-3-5-9(8)15-10/h2-7,11-18H,1H3. The van der Waals surface area contributed by atoms with Gasteiger partial charge in [0.2, 0.25) is 6.29 Å². The van der Waals surface area contributed by atoms with E-state index in [9.17, 15) is 15.3 Å². The topological polar surface area (TPSA) is 94.9 Å². The summed E-state index contributed by atoms with van der Waals surface area (Å²) in [5, 5.41) is 30.2. The Hall–Kier alpha value is -1.60. The van der Waals surface area contributed by atoms with Gasteiger partial charge < -0.3 is 29.8 Å². The SMILES string of the molecule is CC1OC(Oc2cc3ccccc3[nH]2)C(O)C(O)C1O. The highest BCUT2D eigenvalue weighted by molar-refractivity contribution is 5.81. The molecule has 0 amide bonds. The van der Waals surface area contributed by atoms with Gasteiger partial charge in [0.25, 0.3) is 0 Å². The van der Waals surface area contributed by atoms with Gasteiger partial charge in [-0.1, -0.05) is 18.2 Å². The van der Waals surface area contributed by atoms with Crippen LogP contribution in [0.25, 0.3) is 10.9 Å². The van der Waals surface area contributed by atoms with Crippen LogP contribution in [-0.2, 0) is 4.74 Å². The molecule has 3 rings (SSSR count). The van der Waals surface area contributed by atoms with Gasteiger partial charge in [-0.25, -0.2) is 0 Å². The second-order valence-electron chi connectivity index (χ2n) is 5.02. The lowest BCUT2D eigenvalue weighted by Gasteiger charge is -2.38. The fraction of sp³-hybridized carbons (Fsp3) is 0.429. The number of rotatable bonds is 2. The van der Waals surface area contributed by atoms with Crippen LogP contribution in [0.1, 0.15) is 6.92 Å². The molecule has 1 saturated heterocycles. The maximum atomic E-state index is 9.89. The first-order valence-electron chi connectivity index (χ1n) is 6.50. The van der Waals surface area contributed by atoms with Gasteiger partial charge in [0.05, 0.1) is 6.10 Å². The fourth-order valence-electron chi connectivity index (χ4n) is 2.35. The normalized spacial score (nSPS) is 34.3. The van der Waals surface area contributed by atoms with E-state index in [1.165, 1.54) is 0 Å². The Balaban J connectivity index is 1.79. The number of aliphatic hydroxyl groups is 3. The minimum Gasteiger partial charge on any atom is -0.447 e. The van der Waals surface area contributed by atoms with E-state index in [4.69, 9.17) is 9.47 Å². The number of fused-ring (bicyclic) bond motifs is 1. The van der Waals surface area contributed by atoms with Crippen molar-refractivity contribution in [1.29, 1.82) is 0 Å². The summed E-state index contributed by atoms with van der Waals surface area (Å²) in [5.74, 6) is 0.436. The van der Waals surface area contributed by atoms with Gasteiger partial charge in [-0.15, -0.1) is 0 Å². The van der Waals surface area contributed by atoms with Crippen molar-refractivity contribution >= 4 is 10.9 Å². The van der Waals surface area contributed by atoms with Crippen molar-refractivity contribution in [3.63, 3.8) is 0 Å². The molecule has 1 aliphatic rings. The summed E-state index contributed by atoms with van der Waals surface area (Å²) < 4.78 is 10.9. The zero-order valence-electron chi connectivity index (χ0n) is 10.9. The molecule has 1 fully saturated rings. The highest BCUT2D eigenvalue weighted by Gasteiger charge is 2.43. The smallest absolute Gasteiger partial charge is 0.230 e. The minimum absolute atomic E-state index is 0.436. The third kappa shape index (κ3) is 2.27. The molecule has 0 saturated carbocycles. The molecule has 6 heteroatoms. The van der Waals surface area contributed by atoms with Crippen LogP contribution in [0.5, 0.6) is 5.88 Å². The molecule has 6 nitrogen and oxygen atoms in total. The van der Waals surface area contributed by atoms with Crippen LogP contribution in [0, 0.1) is 0 Å². The van der Waals surface area contributed by atoms with Gasteiger partial charge in [0.1, 0.15) is 18.3 Å². The predicted octanol–water partition coefficient (Wildman–Crippen LogP) is 0.374. The molecule has 5 atom stereocenters. The first-order valence-corrected chi connectivity index (χ1v) is 6.50. The molecule has 0 radical (unpaired) electrons. The second kappa shape index (κ2) is 5.06. The van der Waals surface area contributed by atoms with Crippen LogP contribution in [-0.4, -0.2) is 51.0 Å². The van der Waals surface area contributed by atoms with Crippen molar-refractivity contribution in [3.05, 3.63) is 30.3 Å². The molecule has 1 aromatic carbocycles. The van der Waals surface area contributed by atoms with Gasteiger partial charge in [-0.05, 0) is 13.0 Å². The maximum Gasteiger partial charge on any atom is 0.230 e. The number of ether oxygens (including phenoxy) is 2. The number of benzene rings is 1. The monoisotopic (exact) mass is 279 g/mol. The summed E-state index contributed by atoms with van der Waals surface area (Å²) in [6.45, 7) is 1.61. The van der Waals surface area contributed by atoms with E-state index in [2.05, 4.69) is 4.98 Å². The number of hydrogen-bond donors (Lipinski definition) is 4. The number of hydrogen-bond acceptors (Lipinski definition) is 5. The van der Waals surface area contributed by atoms with Crippen LogP contribution < -0.4 is 4.74 Å². The predicted molar refractivity (Wildman–Crippen MR) is 71.3 cm³/mol. The molecule has 108 valence electrons. The van der Waals surface area contributed by atoms with Gasteiger partial charge in [-0.2, -0.15) is 0 Å². The molecule has 20 heavy (non-hydrogen) atoms. The van der Waals surface area contributed by atoms with Crippen LogP contribution in [0.2, 0.25) is 0 Å². The van der Waals surface area contributed by atoms with Gasteiger partial charge >= 0.3 is 0 Å². The number of nitrogens with one attached hydrogen (secondary N) is 1. The molecular weight excluding hydrogens is 262 g/mol. The molecule has 4 N–H and O–H groups in total. The lowest BCUT2D eigenvalue weighted by atomic mass is 10.0. The molecule has 2 aromatic rings. The lowest BCUT2D eigenvalue weighted by molar-refractivity contribution is -0.268. The number of para-hydroxylation sites is 1. The van der Waals surface area contributed by atoms with E-state index >= 15 is 0 Å². The summed E-state index contributed by atoms with van der Waals surface area (Å²) in [7, 11) is 0. The van der Waals surface area contributed by atoms with E-state index in [1.807, 2.05) is 24.3 Å². The van der Waals surface area contributed by atoms with E-state index in [-0.39, 0.29) is 0 Å². The number of H-pyrrole nitrogens is 1. The summed E-state index contributed by atoms with van der Waals surface area (Å²) in [6, 6.07) is 9.43. The molecule has 0 spiro atoms. The summed E-state index contributed by atoms with van der Waals surface area (Å²) in [4.78, 5) is 3.05. The van der Waals surface area contributed by atoms with Crippen LogP contribution in [0.3, 0.4) is 0 Å². The van der Waals surface area contributed by atoms with Crippen molar-refractivity contribution < 1.29 is 24.8 Å². The average Bonchev–Trinajstić information content (AvgIpc) is 2.84. The van der Waals surface area contributed by atoms with Crippen LogP contribution in [0.4, 0.5) is 0 Å². The van der Waals surface area contributed by atoms with Crippen molar-refractivity contribution in [2.45, 2.75) is 37.6 Å². The number of aliphatic hydroxyl groups excluding tert-OH is 3. The minimum atomic E-state index is -1.31. The molecule has 1 aliphatic heterocycles. The third-order valence-corrected chi connectivity index (χ3v) is 3.56. The first kappa shape index (κ1) is 13.4. The van der Waals surface area contributed by atoms with Crippen molar-refractivity contribution in [3.8, 4) is 5.88 Å². The highest BCUT2D eigenvalue weighted by Crippen LogP contribution is 2.26. The Kier molecular flexibility index (Phi) is 3.39. The zero-order chi connectivity index (χ0) is 14.3. The Bertz CT molecular complexity index is 565. The highest BCUT2D eigenvalue weighted by atomic mass is 16.7. The van der Waals surface area contributed by atoms with Crippen molar-refractivity contribution in [2.75, 3.05) is 0 Å². The largest absolute Gasteiger partial charge is 0.447 e. The Morgan fingerprint density at radius 1 is 1.10 bits per heavy atom. The fourth-order valence-corrected chi connectivity index (χ4v) is 2.35. The van der Waals surface area contributed by atoms with E-state index in [1.54, 1.807) is 13.0 Å². The van der Waals surface area contributed by atoms with Crippen molar-refractivity contribution in [2.24, 2.45) is 0 Å². The summed E-state index contributed by atoms with van der Waals surface area (Å²) in [5.41, 5.74) is 0.904. The van der Waals surface area contributed by atoms with Crippen molar-refractivity contribution in [1.82, 2.24) is 4.98 Å². The summed E-state index contributed by atoms with van der Waals surface area (Å²) >= 11 is 0. The maximum absolute atomic E-state index is 9.89. The quantitative estimate of drug-likeness (QED) is 0.637. The molecule has 2 heterocycles. The third-order valence-electron chi connectivity index (χ3n) is 3.56. The summed E-state index contributed by atoms with van der Waals surface area (Å²) in [6.07, 6.45) is -5.40. The Morgan fingerprint density at radius 3 is 2.60 bits per heavy atom. The second-order valence-corrected chi connectivity index (χ2v) is 5.02. The van der Waals surface area contributed by atoms with Gasteiger partial charge in [-0.3, -0.25) is 0 Å². The first-order chi connectivity index (χ1) is 9.56. The van der Waals surface area contributed by atoms with Gasteiger partial charge in [0, 0.05) is 17.0 Å². The Labute approximate surface area is 115 Å². The molecule has 0 aliphatic carbocycles. The molecular formula is C14H17NO5. The van der Waals surface area contributed by atoms with Gasteiger partial charge in [0.15, 0.2) is 5.88 Å². The zero-order valence-corrected chi connectivity index (χ0v) is 10.9. The number of aromatic nitrogens is 1.